The summed E-state index contributed by atoms with van der Waals surface area (Å²) in [5.41, 5.74) is 1.00. The SMILES string of the molecule is CC(=O)Nc1ccc(Cl)cc1NC(=O)c1ccc(S(=O)(=O)N(C)C)cc1. The van der Waals surface area contributed by atoms with Crippen molar-refractivity contribution < 1.29 is 18.0 Å². The third-order valence-electron chi connectivity index (χ3n) is 3.44. The number of carbonyl (C=O) groups excluding carboxylic acids is 2. The highest BCUT2D eigenvalue weighted by Crippen LogP contribution is 2.26. The highest BCUT2D eigenvalue weighted by molar-refractivity contribution is 7.89. The first kappa shape index (κ1) is 19.9. The molecule has 9 heteroatoms. The number of hydrogen-bond acceptors (Lipinski definition) is 4. The van der Waals surface area contributed by atoms with Crippen LogP contribution in [0, 0.1) is 0 Å². The van der Waals surface area contributed by atoms with Crippen LogP contribution >= 0.6 is 11.6 Å². The Kier molecular flexibility index (Phi) is 6.01. The van der Waals surface area contributed by atoms with Gasteiger partial charge >= 0.3 is 0 Å². The second kappa shape index (κ2) is 7.86. The summed E-state index contributed by atoms with van der Waals surface area (Å²) in [6.45, 7) is 1.35. The average molecular weight is 396 g/mol. The standard InChI is InChI=1S/C17H18ClN3O4S/c1-11(22)19-15-9-6-13(18)10-16(15)20-17(23)12-4-7-14(8-5-12)26(24,25)21(2)3/h4-10H,1-3H3,(H,19,22)(H,20,23). The predicted molar refractivity (Wildman–Crippen MR) is 101 cm³/mol. The number of halogens is 1. The number of benzene rings is 2. The van der Waals surface area contributed by atoms with E-state index in [1.807, 2.05) is 0 Å². The Bertz CT molecular complexity index is 941. The van der Waals surface area contributed by atoms with Gasteiger partial charge < -0.3 is 10.6 Å². The fraction of sp³-hybridized carbons (Fsp3) is 0.176. The lowest BCUT2D eigenvalue weighted by molar-refractivity contribution is -0.114. The molecule has 0 aliphatic rings. The average Bonchev–Trinajstić information content (AvgIpc) is 2.57. The molecule has 0 fully saturated rings. The molecule has 26 heavy (non-hydrogen) atoms. The van der Waals surface area contributed by atoms with E-state index in [-0.39, 0.29) is 16.4 Å². The van der Waals surface area contributed by atoms with Crippen LogP contribution in [0.1, 0.15) is 17.3 Å². The minimum absolute atomic E-state index is 0.0840. The molecule has 0 bridgehead atoms. The van der Waals surface area contributed by atoms with Crippen LogP contribution in [0.4, 0.5) is 11.4 Å². The van der Waals surface area contributed by atoms with Crippen molar-refractivity contribution in [3.63, 3.8) is 0 Å². The molecule has 0 saturated carbocycles. The summed E-state index contributed by atoms with van der Waals surface area (Å²) in [5, 5.41) is 5.65. The summed E-state index contributed by atoms with van der Waals surface area (Å²) in [5.74, 6) is -0.756. The van der Waals surface area contributed by atoms with Gasteiger partial charge in [-0.3, -0.25) is 9.59 Å². The lowest BCUT2D eigenvalue weighted by Gasteiger charge is -2.13. The molecule has 2 aromatic rings. The molecule has 7 nitrogen and oxygen atoms in total. The van der Waals surface area contributed by atoms with E-state index in [2.05, 4.69) is 10.6 Å². The van der Waals surface area contributed by atoms with Crippen molar-refractivity contribution in [3.05, 3.63) is 53.1 Å². The number of nitrogens with zero attached hydrogens (tertiary/aromatic N) is 1. The van der Waals surface area contributed by atoms with Gasteiger partial charge in [0.25, 0.3) is 5.91 Å². The van der Waals surface area contributed by atoms with E-state index in [4.69, 9.17) is 11.6 Å². The van der Waals surface area contributed by atoms with Crippen LogP contribution in [0.15, 0.2) is 47.4 Å². The largest absolute Gasteiger partial charge is 0.325 e. The number of carbonyl (C=O) groups is 2. The Morgan fingerprint density at radius 3 is 2.12 bits per heavy atom. The van der Waals surface area contributed by atoms with E-state index < -0.39 is 15.9 Å². The summed E-state index contributed by atoms with van der Waals surface area (Å²) in [7, 11) is -0.709. The minimum atomic E-state index is -3.57. The topological polar surface area (TPSA) is 95.6 Å². The zero-order valence-electron chi connectivity index (χ0n) is 14.4. The van der Waals surface area contributed by atoms with Crippen LogP contribution in [0.3, 0.4) is 0 Å². The Balaban J connectivity index is 2.26. The van der Waals surface area contributed by atoms with Crippen LogP contribution in [-0.2, 0) is 14.8 Å². The minimum Gasteiger partial charge on any atom is -0.325 e. The van der Waals surface area contributed by atoms with E-state index in [0.717, 1.165) is 4.31 Å². The van der Waals surface area contributed by atoms with E-state index in [1.54, 1.807) is 12.1 Å². The van der Waals surface area contributed by atoms with Gasteiger partial charge in [-0.1, -0.05) is 11.6 Å². The van der Waals surface area contributed by atoms with Crippen molar-refractivity contribution in [1.82, 2.24) is 4.31 Å². The number of amides is 2. The molecule has 0 spiro atoms. The predicted octanol–water partition coefficient (Wildman–Crippen LogP) is 2.80. The Morgan fingerprint density at radius 1 is 0.962 bits per heavy atom. The molecule has 2 rings (SSSR count). The molecule has 138 valence electrons. The first-order valence-corrected chi connectivity index (χ1v) is 9.34. The van der Waals surface area contributed by atoms with Gasteiger partial charge in [0.2, 0.25) is 15.9 Å². The lowest BCUT2D eigenvalue weighted by atomic mass is 10.2. The van der Waals surface area contributed by atoms with E-state index >= 15 is 0 Å². The van der Waals surface area contributed by atoms with Crippen molar-refractivity contribution in [2.75, 3.05) is 24.7 Å². The van der Waals surface area contributed by atoms with Crippen molar-refractivity contribution in [2.45, 2.75) is 11.8 Å². The number of nitrogens with one attached hydrogen (secondary N) is 2. The third-order valence-corrected chi connectivity index (χ3v) is 5.50. The van der Waals surface area contributed by atoms with Crippen LogP contribution in [0.2, 0.25) is 5.02 Å². The maximum atomic E-state index is 12.4. The molecule has 2 aromatic carbocycles. The molecular formula is C17H18ClN3O4S. The molecular weight excluding hydrogens is 378 g/mol. The Labute approximate surface area is 157 Å². The zero-order valence-corrected chi connectivity index (χ0v) is 16.0. The highest BCUT2D eigenvalue weighted by atomic mass is 35.5. The first-order valence-electron chi connectivity index (χ1n) is 7.52. The zero-order chi connectivity index (χ0) is 19.5. The molecule has 0 aliphatic heterocycles. The first-order chi connectivity index (χ1) is 12.1. The van der Waals surface area contributed by atoms with Gasteiger partial charge in [0, 0.05) is 31.6 Å². The molecule has 0 saturated heterocycles. The van der Waals surface area contributed by atoms with Crippen LogP contribution in [-0.4, -0.2) is 38.6 Å². The van der Waals surface area contributed by atoms with Gasteiger partial charge in [-0.25, -0.2) is 12.7 Å². The molecule has 0 aliphatic carbocycles. The normalized spacial score (nSPS) is 11.3. The van der Waals surface area contributed by atoms with Crippen LogP contribution < -0.4 is 10.6 Å². The Morgan fingerprint density at radius 2 is 1.58 bits per heavy atom. The van der Waals surface area contributed by atoms with Crippen LogP contribution in [0.25, 0.3) is 0 Å². The van der Waals surface area contributed by atoms with Gasteiger partial charge in [-0.15, -0.1) is 0 Å². The van der Waals surface area contributed by atoms with Gasteiger partial charge in [-0.2, -0.15) is 0 Å². The molecule has 2 N–H and O–H groups in total. The maximum Gasteiger partial charge on any atom is 0.255 e. The summed E-state index contributed by atoms with van der Waals surface area (Å²) >= 11 is 5.95. The molecule has 0 heterocycles. The van der Waals surface area contributed by atoms with Gasteiger partial charge in [0.05, 0.1) is 16.3 Å². The molecule has 2 amide bonds. The lowest BCUT2D eigenvalue weighted by Crippen LogP contribution is -2.22. The second-order valence-electron chi connectivity index (χ2n) is 5.64. The summed E-state index contributed by atoms with van der Waals surface area (Å²) in [4.78, 5) is 23.8. The van der Waals surface area contributed by atoms with Gasteiger partial charge in [0.15, 0.2) is 0 Å². The highest BCUT2D eigenvalue weighted by Gasteiger charge is 2.18. The van der Waals surface area contributed by atoms with E-state index in [0.29, 0.717) is 16.4 Å². The molecule has 0 radical (unpaired) electrons. The fourth-order valence-electron chi connectivity index (χ4n) is 2.10. The summed E-state index contributed by atoms with van der Waals surface area (Å²) in [6, 6.07) is 10.2. The Hall–Kier alpha value is -2.42. The summed E-state index contributed by atoms with van der Waals surface area (Å²) < 4.78 is 25.2. The number of anilines is 2. The monoisotopic (exact) mass is 395 g/mol. The van der Waals surface area contributed by atoms with E-state index in [9.17, 15) is 18.0 Å². The number of sulfonamides is 1. The smallest absolute Gasteiger partial charge is 0.255 e. The third kappa shape index (κ3) is 4.60. The molecule has 0 unspecified atom stereocenters. The number of rotatable bonds is 5. The second-order valence-corrected chi connectivity index (χ2v) is 8.23. The summed E-state index contributed by atoms with van der Waals surface area (Å²) in [6.07, 6.45) is 0. The van der Waals surface area contributed by atoms with Gasteiger partial charge in [0.1, 0.15) is 0 Å². The van der Waals surface area contributed by atoms with Crippen molar-refractivity contribution in [3.8, 4) is 0 Å². The van der Waals surface area contributed by atoms with Gasteiger partial charge in [-0.05, 0) is 42.5 Å². The molecule has 0 atom stereocenters. The van der Waals surface area contributed by atoms with Crippen molar-refractivity contribution in [1.29, 1.82) is 0 Å². The van der Waals surface area contributed by atoms with E-state index in [1.165, 1.54) is 51.4 Å². The van der Waals surface area contributed by atoms with Crippen LogP contribution in [0.5, 0.6) is 0 Å². The quantitative estimate of drug-likeness (QED) is 0.813. The molecule has 0 aromatic heterocycles. The fourth-order valence-corrected chi connectivity index (χ4v) is 3.18. The van der Waals surface area contributed by atoms with Crippen molar-refractivity contribution in [2.24, 2.45) is 0 Å². The van der Waals surface area contributed by atoms with Crippen molar-refractivity contribution >= 4 is 44.8 Å². The number of hydrogen-bond donors (Lipinski definition) is 2. The maximum absolute atomic E-state index is 12.4.